The van der Waals surface area contributed by atoms with Crippen LogP contribution in [-0.4, -0.2) is 43.9 Å². The molecule has 1 aliphatic rings. The molecule has 29 heavy (non-hydrogen) atoms. The average Bonchev–Trinajstić information content (AvgIpc) is 2.67. The summed E-state index contributed by atoms with van der Waals surface area (Å²) >= 11 is 0. The molecule has 1 aliphatic heterocycles. The summed E-state index contributed by atoms with van der Waals surface area (Å²) in [5, 5.41) is 2.81. The molecule has 1 fully saturated rings. The highest BCUT2D eigenvalue weighted by Gasteiger charge is 2.32. The van der Waals surface area contributed by atoms with Gasteiger partial charge in [-0.3, -0.25) is 4.79 Å². The van der Waals surface area contributed by atoms with Gasteiger partial charge in [0, 0.05) is 18.7 Å². The zero-order valence-electron chi connectivity index (χ0n) is 16.6. The van der Waals surface area contributed by atoms with E-state index in [4.69, 9.17) is 4.74 Å². The maximum atomic E-state index is 13.1. The van der Waals surface area contributed by atoms with Gasteiger partial charge in [-0.05, 0) is 56.7 Å². The summed E-state index contributed by atoms with van der Waals surface area (Å²) in [5.41, 5.74) is 0.995. The number of hydrogen-bond donors (Lipinski definition) is 1. The van der Waals surface area contributed by atoms with Gasteiger partial charge in [0.05, 0.1) is 23.1 Å². The topological polar surface area (TPSA) is 75.7 Å². The number of amides is 1. The Hall–Kier alpha value is -2.29. The number of rotatable bonds is 5. The molecule has 0 spiro atoms. The maximum Gasteiger partial charge on any atom is 0.251 e. The van der Waals surface area contributed by atoms with Gasteiger partial charge in [0.15, 0.2) is 0 Å². The molecular weight excluding hydrogens is 395 g/mol. The molecule has 0 bridgehead atoms. The second-order valence-corrected chi connectivity index (χ2v) is 9.29. The van der Waals surface area contributed by atoms with Gasteiger partial charge in [-0.15, -0.1) is 0 Å². The van der Waals surface area contributed by atoms with Crippen LogP contribution in [0.4, 0.5) is 4.39 Å². The Labute approximate surface area is 170 Å². The first-order valence-corrected chi connectivity index (χ1v) is 10.9. The number of halogens is 1. The quantitative estimate of drug-likeness (QED) is 0.807. The Bertz CT molecular complexity index is 968. The van der Waals surface area contributed by atoms with Crippen LogP contribution in [-0.2, 0) is 14.8 Å². The molecule has 3 rings (SSSR count). The van der Waals surface area contributed by atoms with Crippen molar-refractivity contribution < 1.29 is 22.3 Å². The molecular formula is C21H25FN2O4S. The molecule has 0 aliphatic carbocycles. The Morgan fingerprint density at radius 3 is 2.38 bits per heavy atom. The third kappa shape index (κ3) is 5.01. The monoisotopic (exact) mass is 420 g/mol. The Morgan fingerprint density at radius 2 is 1.76 bits per heavy atom. The fraction of sp³-hybridized carbons (Fsp3) is 0.381. The minimum Gasteiger partial charge on any atom is -0.373 e. The van der Waals surface area contributed by atoms with E-state index in [-0.39, 0.29) is 47.6 Å². The minimum atomic E-state index is -3.74. The van der Waals surface area contributed by atoms with Crippen molar-refractivity contribution in [3.05, 3.63) is 65.5 Å². The summed E-state index contributed by atoms with van der Waals surface area (Å²) < 4.78 is 46.1. The fourth-order valence-corrected chi connectivity index (χ4v) is 5.03. The molecule has 3 atom stereocenters. The lowest BCUT2D eigenvalue weighted by atomic mass is 10.1. The Kier molecular flexibility index (Phi) is 6.36. The number of nitrogens with zero attached hydrogens (tertiary/aromatic N) is 1. The lowest BCUT2D eigenvalue weighted by Crippen LogP contribution is -2.48. The summed E-state index contributed by atoms with van der Waals surface area (Å²) in [6.45, 7) is 5.98. The summed E-state index contributed by atoms with van der Waals surface area (Å²) in [6.07, 6.45) is -0.395. The van der Waals surface area contributed by atoms with Crippen LogP contribution in [0.25, 0.3) is 0 Å². The van der Waals surface area contributed by atoms with Gasteiger partial charge >= 0.3 is 0 Å². The van der Waals surface area contributed by atoms with E-state index in [2.05, 4.69) is 5.32 Å². The van der Waals surface area contributed by atoms with Crippen LogP contribution in [0, 0.1) is 5.82 Å². The SMILES string of the molecule is C[C@H](NC(=O)c1cccc(S(=O)(=O)N2C[C@H](C)O[C@@H](C)C2)c1)c1ccc(F)cc1. The summed E-state index contributed by atoms with van der Waals surface area (Å²) in [6, 6.07) is 11.5. The van der Waals surface area contributed by atoms with Crippen molar-refractivity contribution in [3.63, 3.8) is 0 Å². The van der Waals surface area contributed by atoms with E-state index in [0.29, 0.717) is 0 Å². The van der Waals surface area contributed by atoms with Crippen LogP contribution < -0.4 is 5.32 Å². The van der Waals surface area contributed by atoms with Crippen LogP contribution in [0.3, 0.4) is 0 Å². The third-order valence-corrected chi connectivity index (χ3v) is 6.67. The Balaban J connectivity index is 1.77. The number of carbonyl (C=O) groups excluding carboxylic acids is 1. The van der Waals surface area contributed by atoms with Crippen molar-refractivity contribution in [2.24, 2.45) is 0 Å². The molecule has 8 heteroatoms. The van der Waals surface area contributed by atoms with Crippen molar-refractivity contribution >= 4 is 15.9 Å². The molecule has 156 valence electrons. The summed E-state index contributed by atoms with van der Waals surface area (Å²) in [5.74, 6) is -0.750. The molecule has 0 unspecified atom stereocenters. The predicted octanol–water partition coefficient (Wildman–Crippen LogP) is 3.11. The van der Waals surface area contributed by atoms with Gasteiger partial charge in [0.25, 0.3) is 5.91 Å². The van der Waals surface area contributed by atoms with Crippen molar-refractivity contribution in [1.82, 2.24) is 9.62 Å². The van der Waals surface area contributed by atoms with Crippen molar-refractivity contribution in [3.8, 4) is 0 Å². The number of carbonyl (C=O) groups is 1. The van der Waals surface area contributed by atoms with Crippen LogP contribution in [0.15, 0.2) is 53.4 Å². The highest BCUT2D eigenvalue weighted by atomic mass is 32.2. The lowest BCUT2D eigenvalue weighted by Gasteiger charge is -2.34. The summed E-state index contributed by atoms with van der Waals surface area (Å²) in [7, 11) is -3.74. The zero-order chi connectivity index (χ0) is 21.2. The number of nitrogens with one attached hydrogen (secondary N) is 1. The second kappa shape index (κ2) is 8.61. The molecule has 2 aromatic carbocycles. The highest BCUT2D eigenvalue weighted by molar-refractivity contribution is 7.89. The molecule has 0 radical (unpaired) electrons. The first-order valence-electron chi connectivity index (χ1n) is 9.49. The van der Waals surface area contributed by atoms with Crippen molar-refractivity contribution in [2.45, 2.75) is 43.9 Å². The van der Waals surface area contributed by atoms with Gasteiger partial charge < -0.3 is 10.1 Å². The summed E-state index contributed by atoms with van der Waals surface area (Å²) in [4.78, 5) is 12.7. The van der Waals surface area contributed by atoms with E-state index in [1.807, 2.05) is 13.8 Å². The normalized spacial score (nSPS) is 21.5. The standard InChI is InChI=1S/C21H25FN2O4S/c1-14-12-24(13-15(2)28-14)29(26,27)20-6-4-5-18(11-20)21(25)23-16(3)17-7-9-19(22)10-8-17/h4-11,14-16H,12-13H2,1-3H3,(H,23,25)/t14-,15-,16-/m0/s1. The number of morpholine rings is 1. The molecule has 1 heterocycles. The van der Waals surface area contributed by atoms with Crippen molar-refractivity contribution in [1.29, 1.82) is 0 Å². The Morgan fingerprint density at radius 1 is 1.14 bits per heavy atom. The van der Waals surface area contributed by atoms with Crippen LogP contribution >= 0.6 is 0 Å². The van der Waals surface area contributed by atoms with E-state index in [1.165, 1.54) is 28.6 Å². The zero-order valence-corrected chi connectivity index (χ0v) is 17.4. The average molecular weight is 421 g/mol. The predicted molar refractivity (Wildman–Crippen MR) is 107 cm³/mol. The molecule has 0 aromatic heterocycles. The first-order chi connectivity index (χ1) is 13.7. The van der Waals surface area contributed by atoms with E-state index >= 15 is 0 Å². The van der Waals surface area contributed by atoms with Crippen molar-refractivity contribution in [2.75, 3.05) is 13.1 Å². The van der Waals surface area contributed by atoms with Gasteiger partial charge in [-0.2, -0.15) is 4.31 Å². The van der Waals surface area contributed by atoms with Gasteiger partial charge in [-0.1, -0.05) is 18.2 Å². The van der Waals surface area contributed by atoms with Gasteiger partial charge in [-0.25, -0.2) is 12.8 Å². The second-order valence-electron chi connectivity index (χ2n) is 7.35. The first kappa shape index (κ1) is 21.4. The number of ether oxygens (including phenoxy) is 1. The molecule has 1 amide bonds. The van der Waals surface area contributed by atoms with Crippen LogP contribution in [0.1, 0.15) is 42.7 Å². The molecule has 1 N–H and O–H groups in total. The smallest absolute Gasteiger partial charge is 0.251 e. The van der Waals surface area contributed by atoms with Crippen LogP contribution in [0.5, 0.6) is 0 Å². The van der Waals surface area contributed by atoms with E-state index in [1.54, 1.807) is 31.2 Å². The van der Waals surface area contributed by atoms with E-state index in [9.17, 15) is 17.6 Å². The third-order valence-electron chi connectivity index (χ3n) is 4.84. The number of hydrogen-bond acceptors (Lipinski definition) is 4. The largest absolute Gasteiger partial charge is 0.373 e. The van der Waals surface area contributed by atoms with Gasteiger partial charge in [0.1, 0.15) is 5.82 Å². The van der Waals surface area contributed by atoms with Gasteiger partial charge in [0.2, 0.25) is 10.0 Å². The number of sulfonamides is 1. The molecule has 6 nitrogen and oxygen atoms in total. The van der Waals surface area contributed by atoms with E-state index < -0.39 is 15.9 Å². The maximum absolute atomic E-state index is 13.1. The molecule has 0 saturated carbocycles. The fourth-order valence-electron chi connectivity index (χ4n) is 3.39. The number of benzene rings is 2. The molecule has 2 aromatic rings. The minimum absolute atomic E-state index is 0.0703. The molecule has 1 saturated heterocycles. The van der Waals surface area contributed by atoms with E-state index in [0.717, 1.165) is 5.56 Å². The lowest BCUT2D eigenvalue weighted by molar-refractivity contribution is -0.0440. The van der Waals surface area contributed by atoms with Crippen LogP contribution in [0.2, 0.25) is 0 Å². The highest BCUT2D eigenvalue weighted by Crippen LogP contribution is 2.22.